The van der Waals surface area contributed by atoms with E-state index in [4.69, 9.17) is 9.97 Å². The van der Waals surface area contributed by atoms with E-state index in [2.05, 4.69) is 238 Å². The van der Waals surface area contributed by atoms with Gasteiger partial charge in [-0.15, -0.1) is 0 Å². The fourth-order valence-electron chi connectivity index (χ4n) is 11.2. The van der Waals surface area contributed by atoms with Crippen LogP contribution in [0.5, 0.6) is 0 Å². The maximum Gasteiger partial charge on any atom is 0.237 e. The average Bonchev–Trinajstić information content (AvgIpc) is 4.01. The lowest BCUT2D eigenvalue weighted by molar-refractivity contribution is 0.952. The van der Waals surface area contributed by atoms with Crippen LogP contribution in [0, 0.1) is 0 Å². The van der Waals surface area contributed by atoms with E-state index < -0.39 is 8.07 Å². The molecule has 4 aromatic heterocycles. The largest absolute Gasteiger partial charge is 0.309 e. The molecule has 14 rings (SSSR count). The van der Waals surface area contributed by atoms with Crippen LogP contribution in [0.25, 0.3) is 94.1 Å². The second-order valence-corrected chi connectivity index (χ2v) is 20.7. The standard InChI is InChI=1S/C58H37N5Si/c1-2-19-39(20-3-1)64(54-34-15-14-33-53(54)62-50-30-11-8-26-45(50)46-27-17-35-55(64)57(46)62)40-21-16-18-38(36-40)47-37-56(61-48-28-9-4-22-41(48)42-23-5-10-29-49(42)61)60-58(59-47)63-51-31-12-6-24-43(51)44-25-7-13-32-52(44)63/h1-37H. The van der Waals surface area contributed by atoms with Crippen LogP contribution in [0.1, 0.15) is 0 Å². The highest BCUT2D eigenvalue weighted by molar-refractivity contribution is 7.21. The summed E-state index contributed by atoms with van der Waals surface area (Å²) in [6, 6.07) is 82.3. The molecule has 1 atom stereocenters. The summed E-state index contributed by atoms with van der Waals surface area (Å²) < 4.78 is 7.08. The third kappa shape index (κ3) is 4.72. The van der Waals surface area contributed by atoms with Crippen molar-refractivity contribution in [3.8, 4) is 28.7 Å². The molecular weight excluding hydrogens is 795 g/mol. The first-order valence-electron chi connectivity index (χ1n) is 21.9. The Balaban J connectivity index is 1.09. The van der Waals surface area contributed by atoms with Gasteiger partial charge in [-0.1, -0.05) is 182 Å². The Labute approximate surface area is 369 Å². The van der Waals surface area contributed by atoms with Crippen LogP contribution in [0.4, 0.5) is 0 Å². The third-order valence-corrected chi connectivity index (χ3v) is 18.6. The fourth-order valence-corrected chi connectivity index (χ4v) is 16.3. The summed E-state index contributed by atoms with van der Waals surface area (Å²) in [6.45, 7) is 0. The highest BCUT2D eigenvalue weighted by Gasteiger charge is 2.47. The third-order valence-electron chi connectivity index (χ3n) is 13.7. The molecule has 0 bridgehead atoms. The zero-order valence-electron chi connectivity index (χ0n) is 34.6. The average molecular weight is 832 g/mol. The molecule has 0 amide bonds. The smallest absolute Gasteiger partial charge is 0.237 e. The van der Waals surface area contributed by atoms with Crippen LogP contribution >= 0.6 is 0 Å². The van der Waals surface area contributed by atoms with Gasteiger partial charge >= 0.3 is 0 Å². The first-order chi connectivity index (χ1) is 31.8. The number of benzene rings is 9. The molecule has 0 radical (unpaired) electrons. The molecule has 5 heterocycles. The number of hydrogen-bond donors (Lipinski definition) is 0. The molecule has 0 saturated heterocycles. The molecule has 64 heavy (non-hydrogen) atoms. The minimum atomic E-state index is -2.99. The van der Waals surface area contributed by atoms with Crippen molar-refractivity contribution in [2.75, 3.05) is 0 Å². The number of rotatable bonds is 5. The van der Waals surface area contributed by atoms with E-state index in [1.54, 1.807) is 0 Å². The second-order valence-electron chi connectivity index (χ2n) is 16.9. The molecular formula is C58H37N5Si. The number of hydrogen-bond acceptors (Lipinski definition) is 2. The summed E-state index contributed by atoms with van der Waals surface area (Å²) in [5, 5.41) is 12.7. The van der Waals surface area contributed by atoms with E-state index in [1.807, 2.05) is 0 Å². The van der Waals surface area contributed by atoms with E-state index in [9.17, 15) is 0 Å². The number of para-hydroxylation sites is 7. The topological polar surface area (TPSA) is 40.6 Å². The number of aromatic nitrogens is 5. The van der Waals surface area contributed by atoms with Gasteiger partial charge in [0.05, 0.1) is 38.8 Å². The van der Waals surface area contributed by atoms with Gasteiger partial charge in [0.15, 0.2) is 8.07 Å². The molecule has 0 aliphatic carbocycles. The maximum atomic E-state index is 5.60. The number of nitrogens with zero attached hydrogens (tertiary/aromatic N) is 5. The summed E-state index contributed by atoms with van der Waals surface area (Å²) in [5.74, 6) is 1.45. The molecule has 13 aromatic rings. The summed E-state index contributed by atoms with van der Waals surface area (Å²) in [7, 11) is -2.99. The zero-order valence-corrected chi connectivity index (χ0v) is 35.6. The molecule has 0 spiro atoms. The van der Waals surface area contributed by atoms with Gasteiger partial charge in [-0.2, -0.15) is 4.98 Å². The van der Waals surface area contributed by atoms with Crippen molar-refractivity contribution in [3.63, 3.8) is 0 Å². The summed E-state index contributed by atoms with van der Waals surface area (Å²) in [6.07, 6.45) is 0. The SMILES string of the molecule is c1ccc([Si]2(c3cccc(-c4cc(-n5c6ccccc6c6ccccc65)nc(-n5c6ccccc6c6ccccc65)n4)c3)c3ccccc3-n3c4ccccc4c4cccc2c43)cc1. The van der Waals surface area contributed by atoms with E-state index in [0.717, 1.165) is 39.1 Å². The molecule has 0 saturated carbocycles. The fraction of sp³-hybridized carbons (Fsp3) is 0. The van der Waals surface area contributed by atoms with Crippen LogP contribution in [0.2, 0.25) is 0 Å². The van der Waals surface area contributed by atoms with Gasteiger partial charge in [-0.05, 0) is 57.1 Å². The monoisotopic (exact) mass is 831 g/mol. The first-order valence-corrected chi connectivity index (χ1v) is 23.9. The summed E-state index contributed by atoms with van der Waals surface area (Å²) in [4.78, 5) is 11.1. The Kier molecular flexibility index (Phi) is 7.36. The predicted molar refractivity (Wildman–Crippen MR) is 268 cm³/mol. The first kappa shape index (κ1) is 35.3. The lowest BCUT2D eigenvalue weighted by Gasteiger charge is -2.40. The Morgan fingerprint density at radius 3 is 1.44 bits per heavy atom. The molecule has 9 aromatic carbocycles. The molecule has 6 heteroatoms. The highest BCUT2D eigenvalue weighted by atomic mass is 28.3. The van der Waals surface area contributed by atoms with Crippen LogP contribution in [-0.2, 0) is 0 Å². The van der Waals surface area contributed by atoms with Gasteiger partial charge in [0.25, 0.3) is 0 Å². The van der Waals surface area contributed by atoms with Crippen molar-refractivity contribution in [1.29, 1.82) is 0 Å². The Morgan fingerprint density at radius 1 is 0.328 bits per heavy atom. The van der Waals surface area contributed by atoms with Crippen molar-refractivity contribution in [2.45, 2.75) is 0 Å². The predicted octanol–water partition coefficient (Wildman–Crippen LogP) is 11.1. The molecule has 0 fully saturated rings. The van der Waals surface area contributed by atoms with Crippen LogP contribution < -0.4 is 20.7 Å². The van der Waals surface area contributed by atoms with Gasteiger partial charge < -0.3 is 4.57 Å². The lowest BCUT2D eigenvalue weighted by Crippen LogP contribution is -2.76. The summed E-state index contributed by atoms with van der Waals surface area (Å²) in [5.41, 5.74) is 10.0. The minimum absolute atomic E-state index is 0.629. The van der Waals surface area contributed by atoms with Gasteiger partial charge in [-0.3, -0.25) is 9.13 Å². The van der Waals surface area contributed by atoms with E-state index >= 15 is 0 Å². The van der Waals surface area contributed by atoms with Gasteiger partial charge in [0.1, 0.15) is 5.82 Å². The van der Waals surface area contributed by atoms with Crippen molar-refractivity contribution in [1.82, 2.24) is 23.7 Å². The molecule has 5 nitrogen and oxygen atoms in total. The molecule has 1 unspecified atom stereocenters. The zero-order chi connectivity index (χ0) is 41.9. The molecule has 0 N–H and O–H groups in total. The Hall–Kier alpha value is -8.32. The molecule has 298 valence electrons. The van der Waals surface area contributed by atoms with E-state index in [0.29, 0.717) is 5.95 Å². The highest BCUT2D eigenvalue weighted by Crippen LogP contribution is 2.37. The van der Waals surface area contributed by atoms with Crippen molar-refractivity contribution < 1.29 is 0 Å². The van der Waals surface area contributed by atoms with E-state index in [-0.39, 0.29) is 0 Å². The quantitative estimate of drug-likeness (QED) is 0.162. The van der Waals surface area contributed by atoms with Crippen molar-refractivity contribution in [3.05, 3.63) is 224 Å². The van der Waals surface area contributed by atoms with Crippen molar-refractivity contribution in [2.24, 2.45) is 0 Å². The lowest BCUT2D eigenvalue weighted by atomic mass is 10.1. The van der Waals surface area contributed by atoms with Crippen LogP contribution in [-0.4, -0.2) is 31.7 Å². The van der Waals surface area contributed by atoms with E-state index in [1.165, 1.54) is 69.8 Å². The van der Waals surface area contributed by atoms with Crippen LogP contribution in [0.15, 0.2) is 224 Å². The van der Waals surface area contributed by atoms with Gasteiger partial charge in [-0.25, -0.2) is 4.98 Å². The normalized spacial score (nSPS) is 14.6. The molecule has 1 aliphatic rings. The number of fused-ring (bicyclic) bond motifs is 11. The molecule has 1 aliphatic heterocycles. The van der Waals surface area contributed by atoms with Gasteiger partial charge in [0, 0.05) is 49.6 Å². The second kappa shape index (κ2) is 13.3. The van der Waals surface area contributed by atoms with Gasteiger partial charge in [0.2, 0.25) is 5.95 Å². The Morgan fingerprint density at radius 2 is 0.797 bits per heavy atom. The maximum absolute atomic E-state index is 5.60. The summed E-state index contributed by atoms with van der Waals surface area (Å²) >= 11 is 0. The Bertz CT molecular complexity index is 3810. The van der Waals surface area contributed by atoms with Crippen LogP contribution in [0.3, 0.4) is 0 Å². The van der Waals surface area contributed by atoms with Crippen molar-refractivity contribution >= 4 is 94.2 Å². The minimum Gasteiger partial charge on any atom is -0.309 e.